The molecule has 0 bridgehead atoms. The van der Waals surface area contributed by atoms with Crippen LogP contribution in [0.25, 0.3) is 0 Å². The molecule has 0 unspecified atom stereocenters. The molecular formula is C20H33BN2O. The minimum atomic E-state index is -0.0702. The van der Waals surface area contributed by atoms with Gasteiger partial charge in [0.15, 0.2) is 0 Å². The van der Waals surface area contributed by atoms with E-state index < -0.39 is 0 Å². The van der Waals surface area contributed by atoms with Gasteiger partial charge in [0.05, 0.1) is 6.61 Å². The van der Waals surface area contributed by atoms with Gasteiger partial charge in [0.2, 0.25) is 0 Å². The lowest BCUT2D eigenvalue weighted by Crippen LogP contribution is -2.17. The largest absolute Gasteiger partial charge is 0.279 e. The van der Waals surface area contributed by atoms with Crippen LogP contribution in [-0.2, 0) is 4.84 Å². The van der Waals surface area contributed by atoms with Crippen LogP contribution < -0.4 is 5.48 Å². The molecule has 132 valence electrons. The second-order valence-electron chi connectivity index (χ2n) is 5.12. The van der Waals surface area contributed by atoms with Crippen molar-refractivity contribution in [2.75, 3.05) is 6.61 Å². The van der Waals surface area contributed by atoms with Gasteiger partial charge in [-0.2, -0.15) is 0 Å². The average Bonchev–Trinajstić information content (AvgIpc) is 2.63. The average molecular weight is 328 g/mol. The van der Waals surface area contributed by atoms with Crippen molar-refractivity contribution >= 4 is 6.71 Å². The Bertz CT molecular complexity index is 481. The van der Waals surface area contributed by atoms with E-state index in [0.29, 0.717) is 12.9 Å². The highest BCUT2D eigenvalue weighted by Gasteiger charge is 2.11. The first-order valence-electron chi connectivity index (χ1n) is 8.86. The molecule has 0 saturated carbocycles. The summed E-state index contributed by atoms with van der Waals surface area (Å²) in [6.07, 6.45) is 13.1. The molecule has 0 fully saturated rings. The Morgan fingerprint density at radius 3 is 2.46 bits per heavy atom. The number of hydrogen-bond acceptors (Lipinski definition) is 3. The minimum absolute atomic E-state index is 0.0702. The van der Waals surface area contributed by atoms with E-state index in [2.05, 4.69) is 50.8 Å². The van der Waals surface area contributed by atoms with Gasteiger partial charge in [0.25, 0.3) is 6.71 Å². The van der Waals surface area contributed by atoms with Crippen molar-refractivity contribution in [3.63, 3.8) is 0 Å². The van der Waals surface area contributed by atoms with Gasteiger partial charge in [-0.05, 0) is 37.3 Å². The summed E-state index contributed by atoms with van der Waals surface area (Å²) in [5.41, 5.74) is 6.45. The Kier molecular flexibility index (Phi) is 17.7. The number of hydroxylamine groups is 1. The number of allylic oxidation sites excluding steroid dienone is 5. The Balaban J connectivity index is 0. The van der Waals surface area contributed by atoms with E-state index in [0.717, 1.165) is 36.9 Å². The zero-order valence-electron chi connectivity index (χ0n) is 16.1. The van der Waals surface area contributed by atoms with E-state index in [4.69, 9.17) is 16.5 Å². The predicted octanol–water partition coefficient (Wildman–Crippen LogP) is 5.32. The molecule has 0 rings (SSSR count). The molecule has 24 heavy (non-hydrogen) atoms. The standard InChI is InChI=1S/C18H27BN2O.C2H6/c1-6-11-19(15-20)12-10-13-22-21-18(9-4)16(5)14-17(7-2)8-3;1-2/h1,7,14,21H,2,8-13H2,3-5H3;1-2H3/b17-14+,18-16+;. The third-order valence-electron chi connectivity index (χ3n) is 3.44. The molecule has 0 aromatic heterocycles. The monoisotopic (exact) mass is 328 g/mol. The zero-order valence-corrected chi connectivity index (χ0v) is 16.1. The number of rotatable bonds is 11. The molecule has 0 aliphatic rings. The van der Waals surface area contributed by atoms with Crippen molar-refractivity contribution in [1.29, 1.82) is 5.26 Å². The molecule has 3 nitrogen and oxygen atoms in total. The summed E-state index contributed by atoms with van der Waals surface area (Å²) in [7, 11) is 0. The first kappa shape index (κ1) is 24.3. The van der Waals surface area contributed by atoms with Crippen LogP contribution in [0.3, 0.4) is 0 Å². The van der Waals surface area contributed by atoms with Crippen LogP contribution in [0.2, 0.25) is 12.6 Å². The van der Waals surface area contributed by atoms with Crippen LogP contribution in [0.4, 0.5) is 0 Å². The molecule has 0 spiro atoms. The summed E-state index contributed by atoms with van der Waals surface area (Å²) in [5, 5.41) is 8.92. The summed E-state index contributed by atoms with van der Waals surface area (Å²) in [6.45, 7) is 14.6. The maximum absolute atomic E-state index is 8.92. The summed E-state index contributed by atoms with van der Waals surface area (Å²) in [6, 6.07) is 0. The highest BCUT2D eigenvalue weighted by molar-refractivity contribution is 6.67. The van der Waals surface area contributed by atoms with Crippen LogP contribution in [0, 0.1) is 23.6 Å². The van der Waals surface area contributed by atoms with Gasteiger partial charge in [-0.1, -0.05) is 52.7 Å². The van der Waals surface area contributed by atoms with Crippen molar-refractivity contribution < 1.29 is 4.84 Å². The molecule has 0 aliphatic heterocycles. The molecule has 0 heterocycles. The highest BCUT2D eigenvalue weighted by Crippen LogP contribution is 2.12. The lowest BCUT2D eigenvalue weighted by Gasteiger charge is -2.12. The van der Waals surface area contributed by atoms with Crippen molar-refractivity contribution in [2.24, 2.45) is 0 Å². The van der Waals surface area contributed by atoms with Gasteiger partial charge in [-0.25, -0.2) is 5.26 Å². The third-order valence-corrected chi connectivity index (χ3v) is 3.44. The van der Waals surface area contributed by atoms with Crippen molar-refractivity contribution in [3.05, 3.63) is 35.6 Å². The molecule has 1 N–H and O–H groups in total. The molecule has 0 atom stereocenters. The quantitative estimate of drug-likeness (QED) is 0.183. The summed E-state index contributed by atoms with van der Waals surface area (Å²) < 4.78 is 0. The van der Waals surface area contributed by atoms with E-state index in [-0.39, 0.29) is 6.71 Å². The lowest BCUT2D eigenvalue weighted by atomic mass is 9.46. The van der Waals surface area contributed by atoms with Crippen LogP contribution in [-0.4, -0.2) is 13.3 Å². The molecular weight excluding hydrogens is 295 g/mol. The highest BCUT2D eigenvalue weighted by atomic mass is 16.6. The molecule has 0 aromatic carbocycles. The van der Waals surface area contributed by atoms with Gasteiger partial charge in [0.1, 0.15) is 0 Å². The zero-order chi connectivity index (χ0) is 18.8. The second-order valence-corrected chi connectivity index (χ2v) is 5.12. The fourth-order valence-corrected chi connectivity index (χ4v) is 2.00. The number of hydrogen-bond donors (Lipinski definition) is 1. The normalized spacial score (nSPS) is 11.2. The molecule has 0 saturated heterocycles. The molecule has 4 heteroatoms. The van der Waals surface area contributed by atoms with Crippen LogP contribution in [0.5, 0.6) is 0 Å². The third kappa shape index (κ3) is 11.6. The fourth-order valence-electron chi connectivity index (χ4n) is 2.00. The Hall–Kier alpha value is -1.91. The fraction of sp³-hybridized carbons (Fsp3) is 0.550. The van der Waals surface area contributed by atoms with Crippen LogP contribution in [0.15, 0.2) is 35.6 Å². The Morgan fingerprint density at radius 1 is 1.33 bits per heavy atom. The van der Waals surface area contributed by atoms with E-state index >= 15 is 0 Å². The first-order chi connectivity index (χ1) is 11.6. The van der Waals surface area contributed by atoms with E-state index in [1.165, 1.54) is 5.57 Å². The second kappa shape index (κ2) is 17.4. The number of terminal acetylenes is 1. The molecule has 0 aliphatic carbocycles. The Labute approximate surface area is 149 Å². The summed E-state index contributed by atoms with van der Waals surface area (Å²) in [4.78, 5) is 5.51. The Morgan fingerprint density at radius 2 is 2.00 bits per heavy atom. The maximum atomic E-state index is 8.92. The SMILES string of the molecule is C#CCB(C#N)CCCON/C(CC)=C(C)/C=C(\C=C)CC.CC. The topological polar surface area (TPSA) is 45.0 Å². The van der Waals surface area contributed by atoms with E-state index in [1.54, 1.807) is 0 Å². The summed E-state index contributed by atoms with van der Waals surface area (Å²) >= 11 is 0. The van der Waals surface area contributed by atoms with Crippen LogP contribution in [0.1, 0.15) is 53.9 Å². The van der Waals surface area contributed by atoms with Gasteiger partial charge in [-0.3, -0.25) is 10.3 Å². The maximum Gasteiger partial charge on any atom is 0.279 e. The van der Waals surface area contributed by atoms with Crippen molar-refractivity contribution in [3.8, 4) is 18.3 Å². The van der Waals surface area contributed by atoms with Crippen molar-refractivity contribution in [1.82, 2.24) is 5.48 Å². The molecule has 0 radical (unpaired) electrons. The summed E-state index contributed by atoms with van der Waals surface area (Å²) in [5.74, 6) is 4.75. The van der Waals surface area contributed by atoms with Gasteiger partial charge in [-0.15, -0.1) is 12.3 Å². The van der Waals surface area contributed by atoms with E-state index in [9.17, 15) is 0 Å². The van der Waals surface area contributed by atoms with Gasteiger partial charge in [0, 0.05) is 18.0 Å². The first-order valence-corrected chi connectivity index (χ1v) is 8.86. The van der Waals surface area contributed by atoms with Gasteiger partial charge >= 0.3 is 0 Å². The number of nitrogens with zero attached hydrogens (tertiary/aromatic N) is 1. The number of nitrogens with one attached hydrogen (secondary N) is 1. The predicted molar refractivity (Wildman–Crippen MR) is 106 cm³/mol. The molecule has 0 amide bonds. The minimum Gasteiger partial charge on any atom is -0.276 e. The lowest BCUT2D eigenvalue weighted by molar-refractivity contribution is 0.0608. The van der Waals surface area contributed by atoms with Gasteiger partial charge < -0.3 is 0 Å². The molecule has 0 aromatic rings. The van der Waals surface area contributed by atoms with E-state index in [1.807, 2.05) is 19.9 Å². The smallest absolute Gasteiger partial charge is 0.276 e. The van der Waals surface area contributed by atoms with Crippen molar-refractivity contribution in [2.45, 2.75) is 66.5 Å². The van der Waals surface area contributed by atoms with Crippen LogP contribution >= 0.6 is 0 Å². The number of nitriles is 1.